The molecule has 5 rings (SSSR count). The first-order valence-electron chi connectivity index (χ1n) is 11.7. The van der Waals surface area contributed by atoms with E-state index in [1.807, 2.05) is 18.2 Å². The van der Waals surface area contributed by atoms with Gasteiger partial charge in [-0.05, 0) is 60.9 Å². The Bertz CT molecular complexity index is 1120. The molecule has 0 unspecified atom stereocenters. The molecule has 164 valence electrons. The second-order valence-electron chi connectivity index (χ2n) is 9.03. The molecule has 1 saturated carbocycles. The predicted molar refractivity (Wildman–Crippen MR) is 124 cm³/mol. The van der Waals surface area contributed by atoms with Crippen LogP contribution in [-0.4, -0.2) is 15.9 Å². The van der Waals surface area contributed by atoms with E-state index in [-0.39, 0.29) is 11.7 Å². The lowest BCUT2D eigenvalue weighted by molar-refractivity contribution is -0.117. The van der Waals surface area contributed by atoms with Crippen molar-refractivity contribution in [2.45, 2.75) is 57.8 Å². The van der Waals surface area contributed by atoms with Crippen molar-refractivity contribution in [1.29, 1.82) is 0 Å². The average molecular weight is 430 g/mol. The number of amides is 1. The summed E-state index contributed by atoms with van der Waals surface area (Å²) in [6, 6.07) is 15.0. The molecular weight excluding hydrogens is 401 g/mol. The normalized spacial score (nSPS) is 15.7. The standard InChI is InChI=1S/C27H28FN3O/c28-21-12-13-22-20(17-21)11-14-23-26(22)29-24(15-18-7-3-1-4-8-18)27(30-23)31-25(32)16-19-9-5-2-6-10-19/h1,3-4,7-8,12-13,17,19H,2,5-6,9-11,14-16H2,(H,30,31,32). The van der Waals surface area contributed by atoms with Crippen LogP contribution in [0, 0.1) is 11.7 Å². The molecule has 2 aliphatic carbocycles. The summed E-state index contributed by atoms with van der Waals surface area (Å²) in [6.07, 6.45) is 8.52. The Morgan fingerprint density at radius 1 is 1.00 bits per heavy atom. The summed E-state index contributed by atoms with van der Waals surface area (Å²) in [7, 11) is 0. The van der Waals surface area contributed by atoms with E-state index in [0.717, 1.165) is 53.0 Å². The highest BCUT2D eigenvalue weighted by atomic mass is 19.1. The van der Waals surface area contributed by atoms with Gasteiger partial charge in [0.15, 0.2) is 5.82 Å². The van der Waals surface area contributed by atoms with Crippen molar-refractivity contribution in [2.75, 3.05) is 5.32 Å². The first-order chi connectivity index (χ1) is 15.7. The molecule has 0 spiro atoms. The van der Waals surface area contributed by atoms with Crippen molar-refractivity contribution in [1.82, 2.24) is 9.97 Å². The quantitative estimate of drug-likeness (QED) is 0.551. The summed E-state index contributed by atoms with van der Waals surface area (Å²) in [4.78, 5) is 22.7. The van der Waals surface area contributed by atoms with Gasteiger partial charge in [0.05, 0.1) is 17.1 Å². The van der Waals surface area contributed by atoms with Crippen molar-refractivity contribution in [3.63, 3.8) is 0 Å². The van der Waals surface area contributed by atoms with Crippen LogP contribution in [0.2, 0.25) is 0 Å². The Kier molecular flexibility index (Phi) is 5.97. The number of fused-ring (bicyclic) bond motifs is 3. The molecule has 2 aromatic carbocycles. The van der Waals surface area contributed by atoms with Gasteiger partial charge < -0.3 is 5.32 Å². The van der Waals surface area contributed by atoms with Crippen LogP contribution in [0.5, 0.6) is 0 Å². The van der Waals surface area contributed by atoms with Crippen molar-refractivity contribution in [3.05, 3.63) is 76.9 Å². The molecule has 1 aromatic heterocycles. The number of nitrogens with one attached hydrogen (secondary N) is 1. The summed E-state index contributed by atoms with van der Waals surface area (Å²) in [6.45, 7) is 0. The zero-order chi connectivity index (χ0) is 21.9. The third-order valence-electron chi connectivity index (χ3n) is 6.66. The van der Waals surface area contributed by atoms with Crippen LogP contribution >= 0.6 is 0 Å². The van der Waals surface area contributed by atoms with Gasteiger partial charge >= 0.3 is 0 Å². The number of anilines is 1. The summed E-state index contributed by atoms with van der Waals surface area (Å²) in [5, 5.41) is 3.09. The minimum Gasteiger partial charge on any atom is -0.309 e. The number of carbonyl (C=O) groups is 1. The number of hydrogen-bond acceptors (Lipinski definition) is 3. The zero-order valence-corrected chi connectivity index (χ0v) is 18.2. The Balaban J connectivity index is 1.47. The predicted octanol–water partition coefficient (Wildman–Crippen LogP) is 5.88. The third-order valence-corrected chi connectivity index (χ3v) is 6.66. The van der Waals surface area contributed by atoms with Crippen molar-refractivity contribution in [2.24, 2.45) is 5.92 Å². The molecule has 1 fully saturated rings. The minimum atomic E-state index is -0.226. The summed E-state index contributed by atoms with van der Waals surface area (Å²) in [5.74, 6) is 0.836. The Labute approximate surface area is 188 Å². The maximum absolute atomic E-state index is 13.8. The van der Waals surface area contributed by atoms with Gasteiger partial charge in [-0.25, -0.2) is 14.4 Å². The molecule has 0 aliphatic heterocycles. The number of benzene rings is 2. The second kappa shape index (κ2) is 9.19. The number of aromatic nitrogens is 2. The second-order valence-corrected chi connectivity index (χ2v) is 9.03. The Morgan fingerprint density at radius 3 is 2.62 bits per heavy atom. The molecule has 0 saturated heterocycles. The molecule has 1 N–H and O–H groups in total. The minimum absolute atomic E-state index is 0.0266. The lowest BCUT2D eigenvalue weighted by Crippen LogP contribution is -2.21. The summed E-state index contributed by atoms with van der Waals surface area (Å²) in [5.41, 5.74) is 5.45. The lowest BCUT2D eigenvalue weighted by atomic mass is 9.87. The van der Waals surface area contributed by atoms with E-state index in [1.54, 1.807) is 12.1 Å². The molecule has 0 atom stereocenters. The highest BCUT2D eigenvalue weighted by Gasteiger charge is 2.24. The molecular formula is C27H28FN3O. The maximum atomic E-state index is 13.8. The molecule has 4 nitrogen and oxygen atoms in total. The average Bonchev–Trinajstić information content (AvgIpc) is 2.80. The van der Waals surface area contributed by atoms with Crippen LogP contribution in [0.3, 0.4) is 0 Å². The molecule has 5 heteroatoms. The highest BCUT2D eigenvalue weighted by Crippen LogP contribution is 2.34. The van der Waals surface area contributed by atoms with Gasteiger partial charge in [0.25, 0.3) is 0 Å². The zero-order valence-electron chi connectivity index (χ0n) is 18.2. The number of nitrogens with zero attached hydrogens (tertiary/aromatic N) is 2. The Hall–Kier alpha value is -3.08. The van der Waals surface area contributed by atoms with Gasteiger partial charge in [-0.1, -0.05) is 49.6 Å². The first kappa shape index (κ1) is 20.8. The number of hydrogen-bond donors (Lipinski definition) is 1. The van der Waals surface area contributed by atoms with Crippen LogP contribution in [0.15, 0.2) is 48.5 Å². The number of rotatable bonds is 5. The van der Waals surface area contributed by atoms with Crippen molar-refractivity contribution >= 4 is 11.7 Å². The molecule has 1 heterocycles. The molecule has 0 bridgehead atoms. The van der Waals surface area contributed by atoms with E-state index in [1.165, 1.54) is 25.3 Å². The van der Waals surface area contributed by atoms with Crippen LogP contribution in [0.25, 0.3) is 11.3 Å². The third kappa shape index (κ3) is 4.57. The van der Waals surface area contributed by atoms with Gasteiger partial charge in [0, 0.05) is 18.4 Å². The summed E-state index contributed by atoms with van der Waals surface area (Å²) >= 11 is 0. The lowest BCUT2D eigenvalue weighted by Gasteiger charge is -2.23. The molecule has 32 heavy (non-hydrogen) atoms. The number of halogens is 1. The van der Waals surface area contributed by atoms with Gasteiger partial charge in [-0.15, -0.1) is 0 Å². The topological polar surface area (TPSA) is 54.9 Å². The smallest absolute Gasteiger partial charge is 0.225 e. The van der Waals surface area contributed by atoms with Gasteiger partial charge in [-0.3, -0.25) is 4.79 Å². The number of aryl methyl sites for hydroxylation is 2. The number of carbonyl (C=O) groups excluding carboxylic acids is 1. The van der Waals surface area contributed by atoms with E-state index in [9.17, 15) is 9.18 Å². The fourth-order valence-corrected chi connectivity index (χ4v) is 5.00. The highest BCUT2D eigenvalue weighted by molar-refractivity contribution is 5.90. The molecule has 3 aromatic rings. The summed E-state index contributed by atoms with van der Waals surface area (Å²) < 4.78 is 13.8. The van der Waals surface area contributed by atoms with Gasteiger partial charge in [0.2, 0.25) is 5.91 Å². The van der Waals surface area contributed by atoms with E-state index >= 15 is 0 Å². The monoisotopic (exact) mass is 429 g/mol. The maximum Gasteiger partial charge on any atom is 0.225 e. The SMILES string of the molecule is O=C(CC1CCCCC1)Nc1nc2c(nc1Cc1ccccc1)-c1ccc(F)cc1CC2. The fraction of sp³-hybridized carbons (Fsp3) is 0.370. The molecule has 0 radical (unpaired) electrons. The van der Waals surface area contributed by atoms with Crippen molar-refractivity contribution < 1.29 is 9.18 Å². The van der Waals surface area contributed by atoms with Crippen molar-refractivity contribution in [3.8, 4) is 11.3 Å². The van der Waals surface area contributed by atoms with Crippen LogP contribution in [-0.2, 0) is 24.1 Å². The largest absolute Gasteiger partial charge is 0.309 e. The van der Waals surface area contributed by atoms with Crippen LogP contribution < -0.4 is 5.32 Å². The first-order valence-corrected chi connectivity index (χ1v) is 11.7. The van der Waals surface area contributed by atoms with E-state index in [2.05, 4.69) is 17.4 Å². The van der Waals surface area contributed by atoms with E-state index < -0.39 is 0 Å². The van der Waals surface area contributed by atoms with E-state index in [0.29, 0.717) is 31.0 Å². The van der Waals surface area contributed by atoms with E-state index in [4.69, 9.17) is 9.97 Å². The van der Waals surface area contributed by atoms with Gasteiger partial charge in [-0.2, -0.15) is 0 Å². The van der Waals surface area contributed by atoms with Crippen LogP contribution in [0.4, 0.5) is 10.2 Å². The molecule has 2 aliphatic rings. The molecule has 1 amide bonds. The van der Waals surface area contributed by atoms with Gasteiger partial charge in [0.1, 0.15) is 5.82 Å². The van der Waals surface area contributed by atoms with Crippen LogP contribution in [0.1, 0.15) is 61.0 Å². The fourth-order valence-electron chi connectivity index (χ4n) is 5.00. The Morgan fingerprint density at radius 2 is 1.81 bits per heavy atom.